The van der Waals surface area contributed by atoms with Crippen LogP contribution in [0.3, 0.4) is 0 Å². The summed E-state index contributed by atoms with van der Waals surface area (Å²) in [5, 5.41) is 3.39. The van der Waals surface area contributed by atoms with E-state index in [1.54, 1.807) is 0 Å². The molecule has 96 valence electrons. The number of halogens is 1. The van der Waals surface area contributed by atoms with Crippen molar-refractivity contribution in [2.24, 2.45) is 0 Å². The molecule has 1 aromatic carbocycles. The molecule has 3 heteroatoms. The molecule has 2 rings (SSSR count). The third-order valence-corrected chi connectivity index (χ3v) is 4.22. The van der Waals surface area contributed by atoms with Crippen molar-refractivity contribution in [3.05, 3.63) is 51.4 Å². The molecule has 2 nitrogen and oxygen atoms in total. The third kappa shape index (κ3) is 2.96. The normalized spacial score (nSPS) is 10.7. The summed E-state index contributed by atoms with van der Waals surface area (Å²) in [6.45, 7) is 7.02. The monoisotopic (exact) mass is 307 g/mol. The van der Waals surface area contributed by atoms with Gasteiger partial charge in [-0.2, -0.15) is 0 Å². The Hall–Kier alpha value is -1.22. The molecule has 0 atom stereocenters. The molecular weight excluding hydrogens is 290 g/mol. The quantitative estimate of drug-likeness (QED) is 0.875. The molecule has 1 heterocycles. The van der Waals surface area contributed by atoms with E-state index in [9.17, 15) is 0 Å². The van der Waals surface area contributed by atoms with E-state index in [1.807, 2.05) is 12.1 Å². The van der Waals surface area contributed by atoms with Crippen molar-refractivity contribution in [3.63, 3.8) is 0 Å². The van der Waals surface area contributed by atoms with Gasteiger partial charge in [0.1, 0.15) is 11.5 Å². The standard InChI is InChI=1S/C15H18BrNO/c1-4-13-5-6-14(18-13)9-17-12-7-10(2)15(16)11(3)8-12/h5-8,17H,4,9H2,1-3H3. The summed E-state index contributed by atoms with van der Waals surface area (Å²) < 4.78 is 6.85. The number of aryl methyl sites for hydroxylation is 3. The van der Waals surface area contributed by atoms with Crippen LogP contribution < -0.4 is 5.32 Å². The first-order valence-electron chi connectivity index (χ1n) is 6.18. The van der Waals surface area contributed by atoms with Crippen LogP contribution in [0, 0.1) is 13.8 Å². The zero-order valence-corrected chi connectivity index (χ0v) is 12.6. The molecule has 0 aliphatic carbocycles. The summed E-state index contributed by atoms with van der Waals surface area (Å²) in [6.07, 6.45) is 0.941. The zero-order chi connectivity index (χ0) is 13.1. The van der Waals surface area contributed by atoms with Gasteiger partial charge in [0.25, 0.3) is 0 Å². The minimum atomic E-state index is 0.723. The van der Waals surface area contributed by atoms with Gasteiger partial charge in [0.05, 0.1) is 6.54 Å². The van der Waals surface area contributed by atoms with Gasteiger partial charge in [-0.05, 0) is 49.2 Å². The molecule has 0 radical (unpaired) electrons. The van der Waals surface area contributed by atoms with Gasteiger partial charge in [-0.25, -0.2) is 0 Å². The van der Waals surface area contributed by atoms with Crippen LogP contribution in [0.25, 0.3) is 0 Å². The molecule has 18 heavy (non-hydrogen) atoms. The van der Waals surface area contributed by atoms with Gasteiger partial charge >= 0.3 is 0 Å². The summed E-state index contributed by atoms with van der Waals surface area (Å²) in [6, 6.07) is 8.35. The Morgan fingerprint density at radius 2 is 1.72 bits per heavy atom. The van der Waals surface area contributed by atoms with Crippen LogP contribution in [-0.4, -0.2) is 0 Å². The molecule has 0 bridgehead atoms. The second-order valence-electron chi connectivity index (χ2n) is 4.50. The number of hydrogen-bond acceptors (Lipinski definition) is 2. The summed E-state index contributed by atoms with van der Waals surface area (Å²) >= 11 is 3.58. The van der Waals surface area contributed by atoms with Crippen LogP contribution in [-0.2, 0) is 13.0 Å². The van der Waals surface area contributed by atoms with Crippen molar-refractivity contribution < 1.29 is 4.42 Å². The van der Waals surface area contributed by atoms with Crippen LogP contribution in [0.15, 0.2) is 33.2 Å². The highest BCUT2D eigenvalue weighted by Crippen LogP contribution is 2.25. The molecule has 0 aliphatic heterocycles. The van der Waals surface area contributed by atoms with E-state index < -0.39 is 0 Å². The maximum Gasteiger partial charge on any atom is 0.123 e. The van der Waals surface area contributed by atoms with Crippen molar-refractivity contribution in [3.8, 4) is 0 Å². The molecule has 2 aromatic rings. The lowest BCUT2D eigenvalue weighted by Gasteiger charge is -2.09. The van der Waals surface area contributed by atoms with Crippen LogP contribution in [0.2, 0.25) is 0 Å². The third-order valence-electron chi connectivity index (χ3n) is 2.97. The SMILES string of the molecule is CCc1ccc(CNc2cc(C)c(Br)c(C)c2)o1. The van der Waals surface area contributed by atoms with Crippen molar-refractivity contribution in [1.82, 2.24) is 0 Å². The van der Waals surface area contributed by atoms with Crippen LogP contribution >= 0.6 is 15.9 Å². The molecule has 1 aromatic heterocycles. The number of hydrogen-bond donors (Lipinski definition) is 1. The largest absolute Gasteiger partial charge is 0.464 e. The molecule has 0 unspecified atom stereocenters. The number of rotatable bonds is 4. The predicted octanol–water partition coefficient (Wildman–Crippen LogP) is 4.83. The second kappa shape index (κ2) is 5.61. The highest BCUT2D eigenvalue weighted by Gasteiger charge is 2.04. The smallest absolute Gasteiger partial charge is 0.123 e. The molecule has 0 amide bonds. The van der Waals surface area contributed by atoms with Gasteiger partial charge in [0.2, 0.25) is 0 Å². The Bertz CT molecular complexity index is 522. The summed E-state index contributed by atoms with van der Waals surface area (Å²) in [5.41, 5.74) is 3.61. The molecular formula is C15H18BrNO. The van der Waals surface area contributed by atoms with E-state index >= 15 is 0 Å². The van der Waals surface area contributed by atoms with E-state index in [4.69, 9.17) is 4.42 Å². The maximum atomic E-state index is 5.67. The lowest BCUT2D eigenvalue weighted by molar-refractivity contribution is 0.476. The molecule has 0 aliphatic rings. The van der Waals surface area contributed by atoms with Crippen LogP contribution in [0.1, 0.15) is 29.6 Å². The lowest BCUT2D eigenvalue weighted by Crippen LogP contribution is -1.99. The zero-order valence-electron chi connectivity index (χ0n) is 11.0. The van der Waals surface area contributed by atoms with Crippen molar-refractivity contribution in [2.45, 2.75) is 33.7 Å². The van der Waals surface area contributed by atoms with Gasteiger partial charge < -0.3 is 9.73 Å². The first-order chi connectivity index (χ1) is 8.60. The van der Waals surface area contributed by atoms with Gasteiger partial charge in [0, 0.05) is 16.6 Å². The molecule has 0 spiro atoms. The minimum Gasteiger partial charge on any atom is -0.464 e. The highest BCUT2D eigenvalue weighted by molar-refractivity contribution is 9.10. The molecule has 0 fully saturated rings. The summed E-state index contributed by atoms with van der Waals surface area (Å²) in [5.74, 6) is 2.01. The Balaban J connectivity index is 2.06. The number of benzene rings is 1. The number of anilines is 1. The average molecular weight is 308 g/mol. The Labute approximate surface area is 117 Å². The molecule has 0 saturated carbocycles. The maximum absolute atomic E-state index is 5.67. The van der Waals surface area contributed by atoms with Crippen LogP contribution in [0.4, 0.5) is 5.69 Å². The highest BCUT2D eigenvalue weighted by atomic mass is 79.9. The fourth-order valence-corrected chi connectivity index (χ4v) is 2.17. The van der Waals surface area contributed by atoms with E-state index in [2.05, 4.69) is 54.2 Å². The minimum absolute atomic E-state index is 0.723. The Morgan fingerprint density at radius 3 is 2.28 bits per heavy atom. The number of furan rings is 1. The average Bonchev–Trinajstić information content (AvgIpc) is 2.81. The summed E-state index contributed by atoms with van der Waals surface area (Å²) in [7, 11) is 0. The van der Waals surface area contributed by atoms with E-state index in [1.165, 1.54) is 15.6 Å². The molecule has 0 saturated heterocycles. The van der Waals surface area contributed by atoms with Crippen molar-refractivity contribution in [1.29, 1.82) is 0 Å². The van der Waals surface area contributed by atoms with Gasteiger partial charge in [0.15, 0.2) is 0 Å². The van der Waals surface area contributed by atoms with Crippen LogP contribution in [0.5, 0.6) is 0 Å². The summed E-state index contributed by atoms with van der Waals surface area (Å²) in [4.78, 5) is 0. The van der Waals surface area contributed by atoms with Crippen molar-refractivity contribution >= 4 is 21.6 Å². The van der Waals surface area contributed by atoms with E-state index in [-0.39, 0.29) is 0 Å². The first kappa shape index (κ1) is 13.2. The lowest BCUT2D eigenvalue weighted by atomic mass is 10.1. The van der Waals surface area contributed by atoms with Crippen molar-refractivity contribution in [2.75, 3.05) is 5.32 Å². The first-order valence-corrected chi connectivity index (χ1v) is 6.97. The Morgan fingerprint density at radius 1 is 1.11 bits per heavy atom. The van der Waals surface area contributed by atoms with Gasteiger partial charge in [-0.15, -0.1) is 0 Å². The van der Waals surface area contributed by atoms with E-state index in [0.29, 0.717) is 0 Å². The Kier molecular flexibility index (Phi) is 4.12. The predicted molar refractivity (Wildman–Crippen MR) is 79.0 cm³/mol. The second-order valence-corrected chi connectivity index (χ2v) is 5.29. The topological polar surface area (TPSA) is 25.2 Å². The van der Waals surface area contributed by atoms with Gasteiger partial charge in [-0.3, -0.25) is 0 Å². The van der Waals surface area contributed by atoms with E-state index in [0.717, 1.165) is 30.2 Å². The molecule has 1 N–H and O–H groups in total. The van der Waals surface area contributed by atoms with Gasteiger partial charge in [-0.1, -0.05) is 22.9 Å². The fraction of sp³-hybridized carbons (Fsp3) is 0.333. The fourth-order valence-electron chi connectivity index (χ4n) is 1.94. The number of nitrogens with one attached hydrogen (secondary N) is 1.